The highest BCUT2D eigenvalue weighted by Crippen LogP contribution is 2.43. The number of oxime groups is 1. The molecule has 3 fully saturated rings. The first-order valence-electron chi connectivity index (χ1n) is 13.2. The third kappa shape index (κ3) is 4.65. The third-order valence-electron chi connectivity index (χ3n) is 8.37. The molecule has 0 spiro atoms. The maximum atomic E-state index is 13.3. The van der Waals surface area contributed by atoms with Gasteiger partial charge in [-0.2, -0.15) is 0 Å². The standard InChI is InChI=1S/C25H30N8O5S2/c1-13-16(28-12-27-13)9-38-31-18(17-11-40-25(26)29-17)21(34)30-19-22(35)32-20(24(36)37)14(10-39-23(19)32)8-33-6-2-4-15(33)5-3-7-33/h11-12,15,19,23H,2-10H2,1H3,(H4-,26,27,28,29,30,34,36,37)/p+1/b31-18-/t15?,19-,23-,33?/m1/s1. The Hall–Kier alpha value is -3.43. The summed E-state index contributed by atoms with van der Waals surface area (Å²) in [6, 6.07) is -0.317. The Morgan fingerprint density at radius 1 is 1.35 bits per heavy atom. The minimum atomic E-state index is -1.10. The molecule has 40 heavy (non-hydrogen) atoms. The zero-order valence-corrected chi connectivity index (χ0v) is 23.6. The lowest BCUT2D eigenvalue weighted by atomic mass is 10.0. The first kappa shape index (κ1) is 26.8. The lowest BCUT2D eigenvalue weighted by molar-refractivity contribution is -0.922. The van der Waals surface area contributed by atoms with E-state index in [4.69, 9.17) is 10.6 Å². The Morgan fingerprint density at radius 2 is 2.12 bits per heavy atom. The number of carbonyl (C=O) groups excluding carboxylic acids is 2. The van der Waals surface area contributed by atoms with Crippen molar-refractivity contribution in [1.29, 1.82) is 0 Å². The van der Waals surface area contributed by atoms with Crippen LogP contribution in [0.1, 0.15) is 42.8 Å². The molecule has 2 aromatic rings. The number of β-lactam (4-membered cyclic amide) rings is 1. The summed E-state index contributed by atoms with van der Waals surface area (Å²) in [6.07, 6.45) is 6.22. The molecular weight excluding hydrogens is 556 g/mol. The lowest BCUT2D eigenvalue weighted by Crippen LogP contribution is -2.71. The smallest absolute Gasteiger partial charge is 0.352 e. The van der Waals surface area contributed by atoms with E-state index in [0.29, 0.717) is 24.0 Å². The Morgan fingerprint density at radius 3 is 2.77 bits per heavy atom. The van der Waals surface area contributed by atoms with Crippen LogP contribution >= 0.6 is 23.1 Å². The molecule has 2 amide bonds. The number of hydrogen-bond donors (Lipinski definition) is 4. The van der Waals surface area contributed by atoms with E-state index in [9.17, 15) is 19.5 Å². The number of fused-ring (bicyclic) bond motifs is 2. The molecule has 0 aromatic carbocycles. The van der Waals surface area contributed by atoms with E-state index in [1.165, 1.54) is 35.8 Å². The molecule has 6 rings (SSSR count). The number of amides is 2. The molecule has 0 unspecified atom stereocenters. The number of aliphatic carboxylic acids is 1. The summed E-state index contributed by atoms with van der Waals surface area (Å²) in [5.74, 6) is -1.71. The molecule has 3 saturated heterocycles. The number of thiazole rings is 1. The summed E-state index contributed by atoms with van der Waals surface area (Å²) in [5.41, 5.74) is 8.18. The van der Waals surface area contributed by atoms with Crippen molar-refractivity contribution in [3.8, 4) is 0 Å². The molecular formula is C25H31N8O5S2+. The molecule has 15 heteroatoms. The first-order chi connectivity index (χ1) is 19.3. The molecule has 5 N–H and O–H groups in total. The van der Waals surface area contributed by atoms with Crippen LogP contribution < -0.4 is 11.1 Å². The van der Waals surface area contributed by atoms with Crippen LogP contribution in [0.4, 0.5) is 5.13 Å². The number of rotatable bonds is 9. The number of hydrogen-bond acceptors (Lipinski definition) is 10. The molecule has 2 aromatic heterocycles. The van der Waals surface area contributed by atoms with Crippen molar-refractivity contribution in [3.05, 3.63) is 40.1 Å². The van der Waals surface area contributed by atoms with E-state index in [0.717, 1.165) is 53.0 Å². The number of anilines is 1. The number of nitrogen functional groups attached to an aromatic ring is 1. The predicted octanol–water partition coefficient (Wildman–Crippen LogP) is 1.19. The molecule has 6 heterocycles. The van der Waals surface area contributed by atoms with E-state index in [1.807, 2.05) is 6.92 Å². The van der Waals surface area contributed by atoms with Crippen molar-refractivity contribution in [2.45, 2.75) is 56.7 Å². The number of nitrogens with zero attached hydrogens (tertiary/aromatic N) is 5. The molecule has 4 aliphatic heterocycles. The molecule has 2 atom stereocenters. The average molecular weight is 588 g/mol. The van der Waals surface area contributed by atoms with Crippen LogP contribution in [0.5, 0.6) is 0 Å². The number of thioether (sulfide) groups is 1. The number of imidazole rings is 1. The Balaban J connectivity index is 1.19. The van der Waals surface area contributed by atoms with Gasteiger partial charge in [-0.25, -0.2) is 14.8 Å². The average Bonchev–Trinajstić information content (AvgIpc) is 3.70. The molecule has 212 valence electrons. The number of nitrogens with one attached hydrogen (secondary N) is 2. The highest BCUT2D eigenvalue weighted by molar-refractivity contribution is 8.00. The van der Waals surface area contributed by atoms with E-state index in [-0.39, 0.29) is 28.8 Å². The van der Waals surface area contributed by atoms with E-state index >= 15 is 0 Å². The molecule has 4 aliphatic rings. The molecule has 0 bridgehead atoms. The second-order valence-corrected chi connectivity index (χ2v) is 12.6. The minimum Gasteiger partial charge on any atom is -0.477 e. The normalized spacial score (nSPS) is 27.8. The Bertz CT molecular complexity index is 1410. The molecule has 0 aliphatic carbocycles. The zero-order valence-electron chi connectivity index (χ0n) is 22.0. The number of carbonyl (C=O) groups is 3. The maximum Gasteiger partial charge on any atom is 0.352 e. The topological polar surface area (TPSA) is 176 Å². The van der Waals surface area contributed by atoms with Gasteiger partial charge in [0.1, 0.15) is 35.0 Å². The van der Waals surface area contributed by atoms with Crippen molar-refractivity contribution in [1.82, 2.24) is 25.2 Å². The summed E-state index contributed by atoms with van der Waals surface area (Å²) in [4.78, 5) is 57.0. The van der Waals surface area contributed by atoms with Gasteiger partial charge in [0.05, 0.1) is 25.5 Å². The van der Waals surface area contributed by atoms with Crippen molar-refractivity contribution in [2.75, 3.05) is 31.1 Å². The van der Waals surface area contributed by atoms with Crippen molar-refractivity contribution >= 4 is 51.7 Å². The number of carboxylic acids is 1. The molecule has 0 radical (unpaired) electrons. The first-order valence-corrected chi connectivity index (χ1v) is 15.2. The summed E-state index contributed by atoms with van der Waals surface area (Å²) in [7, 11) is 0. The van der Waals surface area contributed by atoms with Crippen LogP contribution in [0, 0.1) is 6.92 Å². The van der Waals surface area contributed by atoms with Gasteiger partial charge in [0.25, 0.3) is 11.8 Å². The summed E-state index contributed by atoms with van der Waals surface area (Å²) >= 11 is 2.63. The van der Waals surface area contributed by atoms with Crippen LogP contribution in [0.2, 0.25) is 0 Å². The SMILES string of the molecule is Cc1[nH]cnc1CO/N=C(\C(=O)N[C@@H]1C(=O)N2C(C(=O)O)=C(C[N+]34CCCC3CCC4)CS[C@H]12)c1csc(N)n1. The van der Waals surface area contributed by atoms with Gasteiger partial charge in [-0.3, -0.25) is 14.5 Å². The van der Waals surface area contributed by atoms with Gasteiger partial charge in [0, 0.05) is 48.1 Å². The van der Waals surface area contributed by atoms with E-state index in [2.05, 4.69) is 25.4 Å². The predicted molar refractivity (Wildman–Crippen MR) is 148 cm³/mol. The van der Waals surface area contributed by atoms with Gasteiger partial charge in [-0.15, -0.1) is 23.1 Å². The zero-order chi connectivity index (χ0) is 28.0. The summed E-state index contributed by atoms with van der Waals surface area (Å²) < 4.78 is 0.938. The molecule has 13 nitrogen and oxygen atoms in total. The van der Waals surface area contributed by atoms with Crippen molar-refractivity contribution in [2.24, 2.45) is 5.16 Å². The van der Waals surface area contributed by atoms with E-state index < -0.39 is 29.2 Å². The maximum absolute atomic E-state index is 13.3. The summed E-state index contributed by atoms with van der Waals surface area (Å²) in [5, 5.41) is 18.2. The fraction of sp³-hybridized carbons (Fsp3) is 0.520. The lowest BCUT2D eigenvalue weighted by Gasteiger charge is -2.50. The number of nitrogens with two attached hydrogens (primary N) is 1. The summed E-state index contributed by atoms with van der Waals surface area (Å²) in [6.45, 7) is 4.65. The van der Waals surface area contributed by atoms with Crippen LogP contribution in [0.25, 0.3) is 0 Å². The number of aryl methyl sites for hydroxylation is 1. The van der Waals surface area contributed by atoms with Gasteiger partial charge < -0.3 is 30.5 Å². The minimum absolute atomic E-state index is 0.0246. The number of aromatic nitrogens is 3. The third-order valence-corrected chi connectivity index (χ3v) is 10.4. The fourth-order valence-corrected chi connectivity index (χ4v) is 8.31. The Kier molecular flexibility index (Phi) is 7.04. The van der Waals surface area contributed by atoms with Crippen LogP contribution in [0.3, 0.4) is 0 Å². The van der Waals surface area contributed by atoms with Crippen molar-refractivity contribution in [3.63, 3.8) is 0 Å². The highest BCUT2D eigenvalue weighted by Gasteiger charge is 2.56. The number of carboxylic acid groups (broad SMARTS) is 1. The van der Waals surface area contributed by atoms with E-state index in [1.54, 1.807) is 5.38 Å². The monoisotopic (exact) mass is 587 g/mol. The van der Waals surface area contributed by atoms with Gasteiger partial charge in [-0.05, 0) is 6.92 Å². The second kappa shape index (κ2) is 10.5. The Labute approximate surface area is 238 Å². The van der Waals surface area contributed by atoms with Gasteiger partial charge in [-0.1, -0.05) is 5.16 Å². The number of H-pyrrole nitrogens is 1. The van der Waals surface area contributed by atoms with Crippen LogP contribution in [-0.4, -0.2) is 95.8 Å². The van der Waals surface area contributed by atoms with Gasteiger partial charge >= 0.3 is 5.97 Å². The van der Waals surface area contributed by atoms with Crippen LogP contribution in [-0.2, 0) is 25.8 Å². The number of aromatic amines is 1. The van der Waals surface area contributed by atoms with Gasteiger partial charge in [0.15, 0.2) is 17.5 Å². The quantitative estimate of drug-likeness (QED) is 0.145. The van der Waals surface area contributed by atoms with Crippen molar-refractivity contribution < 1.29 is 28.8 Å². The number of quaternary nitrogens is 1. The van der Waals surface area contributed by atoms with Gasteiger partial charge in [0.2, 0.25) is 0 Å². The second-order valence-electron chi connectivity index (χ2n) is 10.6. The van der Waals surface area contributed by atoms with Crippen LogP contribution in [0.15, 0.2) is 28.1 Å². The highest BCUT2D eigenvalue weighted by atomic mass is 32.2. The largest absolute Gasteiger partial charge is 0.477 e. The fourth-order valence-electron chi connectivity index (χ4n) is 6.43. The molecule has 0 saturated carbocycles.